The highest BCUT2D eigenvalue weighted by molar-refractivity contribution is 6.27. The van der Waals surface area contributed by atoms with E-state index < -0.39 is 0 Å². The third-order valence-corrected chi connectivity index (χ3v) is 10.9. The second-order valence-corrected chi connectivity index (χ2v) is 13.6. The minimum atomic E-state index is 0.901. The summed E-state index contributed by atoms with van der Waals surface area (Å²) in [4.78, 5) is 0. The van der Waals surface area contributed by atoms with Crippen LogP contribution in [0.15, 0.2) is 182 Å². The molecule has 0 unspecified atom stereocenters. The molecule has 10 aromatic carbocycles. The Bertz CT molecular complexity index is 2960. The Kier molecular flexibility index (Phi) is 6.02. The molecule has 0 N–H and O–H groups in total. The zero-order chi connectivity index (χ0) is 33.5. The molecule has 0 aromatic heterocycles. The zero-order valence-electron chi connectivity index (χ0n) is 27.7. The Hall–Kier alpha value is -6.70. The van der Waals surface area contributed by atoms with E-state index in [1.165, 1.54) is 87.6 Å². The van der Waals surface area contributed by atoms with Crippen LogP contribution in [-0.4, -0.2) is 0 Å². The molecular formula is C50H30O. The SMILES string of the molecule is c1ccc(-c2ccc3c(c2)Oc2ccc(-c4ccc(-c5ccc6ccc7c(-c8ccccc8)ccc8ccc5c6c87)cc4)c4cccc-3c24)cc1. The van der Waals surface area contributed by atoms with Gasteiger partial charge in [-0.05, 0) is 106 Å². The summed E-state index contributed by atoms with van der Waals surface area (Å²) in [6.07, 6.45) is 0. The summed E-state index contributed by atoms with van der Waals surface area (Å²) in [6, 6.07) is 66.2. The average Bonchev–Trinajstić information content (AvgIpc) is 3.20. The molecule has 236 valence electrons. The molecule has 11 rings (SSSR count). The monoisotopic (exact) mass is 646 g/mol. The maximum atomic E-state index is 6.60. The van der Waals surface area contributed by atoms with Crippen molar-refractivity contribution >= 4 is 43.1 Å². The Balaban J connectivity index is 1.00. The molecule has 0 fully saturated rings. The third-order valence-electron chi connectivity index (χ3n) is 10.9. The summed E-state index contributed by atoms with van der Waals surface area (Å²) < 4.78 is 6.60. The molecule has 0 radical (unpaired) electrons. The molecule has 1 aliphatic heterocycles. The van der Waals surface area contributed by atoms with E-state index in [-0.39, 0.29) is 0 Å². The van der Waals surface area contributed by atoms with Crippen LogP contribution in [0.4, 0.5) is 0 Å². The second-order valence-electron chi connectivity index (χ2n) is 13.6. The van der Waals surface area contributed by atoms with Crippen LogP contribution in [0.2, 0.25) is 0 Å². The van der Waals surface area contributed by atoms with Gasteiger partial charge >= 0.3 is 0 Å². The summed E-state index contributed by atoms with van der Waals surface area (Å²) >= 11 is 0. The van der Waals surface area contributed by atoms with Gasteiger partial charge in [-0.25, -0.2) is 0 Å². The van der Waals surface area contributed by atoms with Crippen LogP contribution in [0.25, 0.3) is 98.7 Å². The topological polar surface area (TPSA) is 9.23 Å². The molecule has 0 saturated heterocycles. The molecule has 0 spiro atoms. The van der Waals surface area contributed by atoms with Crippen LogP contribution in [0.5, 0.6) is 11.5 Å². The van der Waals surface area contributed by atoms with Crippen molar-refractivity contribution in [1.82, 2.24) is 0 Å². The molecule has 0 aliphatic carbocycles. The van der Waals surface area contributed by atoms with E-state index in [4.69, 9.17) is 4.74 Å². The largest absolute Gasteiger partial charge is 0.456 e. The first-order valence-corrected chi connectivity index (χ1v) is 17.6. The fourth-order valence-corrected chi connectivity index (χ4v) is 8.45. The van der Waals surface area contributed by atoms with Gasteiger partial charge in [0.2, 0.25) is 0 Å². The van der Waals surface area contributed by atoms with Crippen LogP contribution < -0.4 is 4.74 Å². The van der Waals surface area contributed by atoms with Crippen molar-refractivity contribution < 1.29 is 4.74 Å². The zero-order valence-corrected chi connectivity index (χ0v) is 27.7. The minimum absolute atomic E-state index is 0.901. The van der Waals surface area contributed by atoms with Crippen molar-refractivity contribution in [3.63, 3.8) is 0 Å². The van der Waals surface area contributed by atoms with Gasteiger partial charge in [-0.3, -0.25) is 0 Å². The molecule has 1 nitrogen and oxygen atoms in total. The van der Waals surface area contributed by atoms with Crippen LogP contribution in [0.3, 0.4) is 0 Å². The Morgan fingerprint density at radius 3 is 1.37 bits per heavy atom. The lowest BCUT2D eigenvalue weighted by atomic mass is 9.87. The summed E-state index contributed by atoms with van der Waals surface area (Å²) in [7, 11) is 0. The number of rotatable bonds is 4. The molecule has 0 amide bonds. The number of ether oxygens (including phenoxy) is 1. The highest BCUT2D eigenvalue weighted by Gasteiger charge is 2.22. The van der Waals surface area contributed by atoms with Gasteiger partial charge in [-0.2, -0.15) is 0 Å². The molecule has 0 bridgehead atoms. The van der Waals surface area contributed by atoms with Gasteiger partial charge < -0.3 is 4.74 Å². The van der Waals surface area contributed by atoms with E-state index in [0.29, 0.717) is 0 Å². The Labute approximate surface area is 296 Å². The van der Waals surface area contributed by atoms with Crippen molar-refractivity contribution in [2.24, 2.45) is 0 Å². The molecule has 10 aromatic rings. The maximum absolute atomic E-state index is 6.60. The third kappa shape index (κ3) is 4.28. The average molecular weight is 647 g/mol. The first kappa shape index (κ1) is 28.2. The standard InChI is InChI=1S/C50H30O/c1-3-8-31(9-4-1)37-22-25-41-43-13-7-12-42-40(28-29-46(50(42)43)51-47(41)30-37)34-16-14-33(15-17-34)39-24-19-36-20-26-44-38(32-10-5-2-6-11-32)23-18-35-21-27-45(39)49(36)48(35)44/h1-30H. The highest BCUT2D eigenvalue weighted by Crippen LogP contribution is 2.50. The van der Waals surface area contributed by atoms with Gasteiger partial charge in [-0.1, -0.05) is 164 Å². The van der Waals surface area contributed by atoms with Crippen molar-refractivity contribution in [1.29, 1.82) is 0 Å². The summed E-state index contributed by atoms with van der Waals surface area (Å²) in [5, 5.41) is 10.2. The van der Waals surface area contributed by atoms with E-state index in [1.807, 2.05) is 0 Å². The van der Waals surface area contributed by atoms with E-state index in [2.05, 4.69) is 182 Å². The Morgan fingerprint density at radius 2 is 0.745 bits per heavy atom. The van der Waals surface area contributed by atoms with Crippen molar-refractivity contribution in [2.75, 3.05) is 0 Å². The smallest absolute Gasteiger partial charge is 0.135 e. The van der Waals surface area contributed by atoms with E-state index >= 15 is 0 Å². The fraction of sp³-hybridized carbons (Fsp3) is 0. The highest BCUT2D eigenvalue weighted by atomic mass is 16.5. The quantitative estimate of drug-likeness (QED) is 0.173. The van der Waals surface area contributed by atoms with E-state index in [0.717, 1.165) is 22.6 Å². The fourth-order valence-electron chi connectivity index (χ4n) is 8.45. The van der Waals surface area contributed by atoms with Crippen LogP contribution in [0.1, 0.15) is 0 Å². The lowest BCUT2D eigenvalue weighted by molar-refractivity contribution is 0.487. The number of hydrogen-bond acceptors (Lipinski definition) is 1. The Morgan fingerprint density at radius 1 is 0.255 bits per heavy atom. The van der Waals surface area contributed by atoms with Crippen molar-refractivity contribution in [3.8, 4) is 67.1 Å². The van der Waals surface area contributed by atoms with Crippen molar-refractivity contribution in [3.05, 3.63) is 182 Å². The predicted octanol–water partition coefficient (Wildman–Crippen LogP) is 14.2. The summed E-state index contributed by atoms with van der Waals surface area (Å²) in [6.45, 7) is 0. The number of fused-ring (bicyclic) bond motifs is 2. The number of benzene rings is 10. The van der Waals surface area contributed by atoms with Crippen LogP contribution in [0, 0.1) is 0 Å². The van der Waals surface area contributed by atoms with E-state index in [1.54, 1.807) is 0 Å². The predicted molar refractivity (Wildman–Crippen MR) is 215 cm³/mol. The van der Waals surface area contributed by atoms with Gasteiger partial charge in [-0.15, -0.1) is 0 Å². The van der Waals surface area contributed by atoms with Gasteiger partial charge in [0.1, 0.15) is 11.5 Å². The molecular weight excluding hydrogens is 617 g/mol. The first-order valence-electron chi connectivity index (χ1n) is 17.6. The lowest BCUT2D eigenvalue weighted by Crippen LogP contribution is -1.98. The molecule has 0 saturated carbocycles. The molecule has 0 atom stereocenters. The number of hydrogen-bond donors (Lipinski definition) is 0. The van der Waals surface area contributed by atoms with Crippen LogP contribution in [-0.2, 0) is 0 Å². The van der Waals surface area contributed by atoms with Crippen LogP contribution >= 0.6 is 0 Å². The normalized spacial score (nSPS) is 12.1. The minimum Gasteiger partial charge on any atom is -0.456 e. The van der Waals surface area contributed by atoms with Gasteiger partial charge in [0, 0.05) is 10.9 Å². The van der Waals surface area contributed by atoms with Gasteiger partial charge in [0.15, 0.2) is 0 Å². The van der Waals surface area contributed by atoms with Gasteiger partial charge in [0.25, 0.3) is 0 Å². The second kappa shape index (κ2) is 10.9. The molecule has 1 heteroatoms. The van der Waals surface area contributed by atoms with E-state index in [9.17, 15) is 0 Å². The van der Waals surface area contributed by atoms with Crippen molar-refractivity contribution in [2.45, 2.75) is 0 Å². The molecule has 1 aliphatic rings. The summed E-state index contributed by atoms with van der Waals surface area (Å²) in [5.41, 5.74) is 12.1. The lowest BCUT2D eigenvalue weighted by Gasteiger charge is -2.23. The molecule has 1 heterocycles. The van der Waals surface area contributed by atoms with Gasteiger partial charge in [0.05, 0.1) is 0 Å². The first-order chi connectivity index (χ1) is 25.3. The maximum Gasteiger partial charge on any atom is 0.135 e. The molecule has 51 heavy (non-hydrogen) atoms. The summed E-state index contributed by atoms with van der Waals surface area (Å²) in [5.74, 6) is 1.81.